The molecule has 0 aliphatic heterocycles. The topological polar surface area (TPSA) is 46.9 Å². The highest BCUT2D eigenvalue weighted by atomic mass is 32.1. The van der Waals surface area contributed by atoms with Crippen molar-refractivity contribution in [1.29, 1.82) is 0 Å². The highest BCUT2D eigenvalue weighted by Gasteiger charge is 2.14. The number of amides is 1. The lowest BCUT2D eigenvalue weighted by atomic mass is 10.2. The average Bonchev–Trinajstić information content (AvgIpc) is 3.18. The number of rotatable bonds is 6. The van der Waals surface area contributed by atoms with Gasteiger partial charge < -0.3 is 9.88 Å². The first-order chi connectivity index (χ1) is 12.1. The largest absolute Gasteiger partial charge is 0.352 e. The molecule has 0 radical (unpaired) electrons. The summed E-state index contributed by atoms with van der Waals surface area (Å²) >= 11 is 1.54. The zero-order chi connectivity index (χ0) is 17.8. The van der Waals surface area contributed by atoms with Crippen LogP contribution in [0, 0.1) is 13.8 Å². The normalized spacial score (nSPS) is 10.8. The van der Waals surface area contributed by atoms with E-state index in [9.17, 15) is 4.79 Å². The minimum atomic E-state index is 0.00350. The molecular formula is C20H23N3OS. The van der Waals surface area contributed by atoms with Gasteiger partial charge in [0.2, 0.25) is 5.91 Å². The highest BCUT2D eigenvalue weighted by molar-refractivity contribution is 7.10. The number of hydrogen-bond donors (Lipinski definition) is 1. The van der Waals surface area contributed by atoms with Gasteiger partial charge in [0.15, 0.2) is 0 Å². The van der Waals surface area contributed by atoms with Crippen molar-refractivity contribution in [2.45, 2.75) is 40.3 Å². The number of hydrogen-bond acceptors (Lipinski definition) is 3. The minimum absolute atomic E-state index is 0.00350. The zero-order valence-electron chi connectivity index (χ0n) is 14.9. The second kappa shape index (κ2) is 7.66. The van der Waals surface area contributed by atoms with Crippen LogP contribution in [0.1, 0.15) is 28.9 Å². The van der Waals surface area contributed by atoms with Crippen molar-refractivity contribution in [2.75, 3.05) is 0 Å². The van der Waals surface area contributed by atoms with Crippen molar-refractivity contribution >= 4 is 17.2 Å². The summed E-state index contributed by atoms with van der Waals surface area (Å²) in [5, 5.41) is 5.85. The number of carbonyl (C=O) groups excluding carboxylic acids is 1. The van der Waals surface area contributed by atoms with E-state index < -0.39 is 0 Å². The molecular weight excluding hydrogens is 330 g/mol. The lowest BCUT2D eigenvalue weighted by molar-refractivity contribution is -0.120. The van der Waals surface area contributed by atoms with Crippen molar-refractivity contribution in [3.05, 3.63) is 63.7 Å². The van der Waals surface area contributed by atoms with E-state index >= 15 is 0 Å². The number of nitrogens with zero attached hydrogens (tertiary/aromatic N) is 2. The Kier molecular flexibility index (Phi) is 5.34. The van der Waals surface area contributed by atoms with Crippen molar-refractivity contribution < 1.29 is 4.79 Å². The van der Waals surface area contributed by atoms with Gasteiger partial charge in [-0.2, -0.15) is 0 Å². The van der Waals surface area contributed by atoms with E-state index in [4.69, 9.17) is 0 Å². The van der Waals surface area contributed by atoms with Crippen LogP contribution in [0.3, 0.4) is 0 Å². The van der Waals surface area contributed by atoms with Gasteiger partial charge in [-0.3, -0.25) is 4.79 Å². The smallest absolute Gasteiger partial charge is 0.227 e. The SMILES string of the molecule is CCn1c(C)cc(-c2csc(CC(=O)NCc3ccccc3)n2)c1C. The van der Waals surface area contributed by atoms with Crippen LogP contribution < -0.4 is 5.32 Å². The van der Waals surface area contributed by atoms with E-state index in [0.29, 0.717) is 13.0 Å². The Hall–Kier alpha value is -2.40. The van der Waals surface area contributed by atoms with Crippen LogP contribution in [0.25, 0.3) is 11.3 Å². The molecule has 0 aliphatic rings. The Labute approximate surface area is 152 Å². The predicted molar refractivity (Wildman–Crippen MR) is 103 cm³/mol. The third-order valence-electron chi connectivity index (χ3n) is 4.36. The van der Waals surface area contributed by atoms with Crippen LogP contribution in [0.2, 0.25) is 0 Å². The predicted octanol–water partition coefficient (Wildman–Crippen LogP) is 4.11. The number of aromatic nitrogens is 2. The number of carbonyl (C=O) groups is 1. The molecule has 1 amide bonds. The summed E-state index contributed by atoms with van der Waals surface area (Å²) in [7, 11) is 0. The van der Waals surface area contributed by atoms with Crippen molar-refractivity contribution in [1.82, 2.24) is 14.9 Å². The molecule has 2 heterocycles. The lowest BCUT2D eigenvalue weighted by Crippen LogP contribution is -2.24. The summed E-state index contributed by atoms with van der Waals surface area (Å²) in [5.41, 5.74) is 5.69. The number of benzene rings is 1. The zero-order valence-corrected chi connectivity index (χ0v) is 15.7. The summed E-state index contributed by atoms with van der Waals surface area (Å²) in [6.07, 6.45) is 0.323. The summed E-state index contributed by atoms with van der Waals surface area (Å²) in [6, 6.07) is 12.1. The summed E-state index contributed by atoms with van der Waals surface area (Å²) in [5.74, 6) is 0.00350. The molecule has 1 N–H and O–H groups in total. The van der Waals surface area contributed by atoms with Gasteiger partial charge in [-0.25, -0.2) is 4.98 Å². The Morgan fingerprint density at radius 1 is 1.24 bits per heavy atom. The van der Waals surface area contributed by atoms with Gasteiger partial charge in [-0.15, -0.1) is 11.3 Å². The Morgan fingerprint density at radius 2 is 2.00 bits per heavy atom. The van der Waals surface area contributed by atoms with E-state index in [1.54, 1.807) is 11.3 Å². The van der Waals surface area contributed by atoms with Crippen LogP contribution in [0.15, 0.2) is 41.8 Å². The molecule has 0 fully saturated rings. The molecule has 0 atom stereocenters. The second-order valence-electron chi connectivity index (χ2n) is 6.09. The summed E-state index contributed by atoms with van der Waals surface area (Å²) in [4.78, 5) is 16.8. The highest BCUT2D eigenvalue weighted by Crippen LogP contribution is 2.28. The Morgan fingerprint density at radius 3 is 2.68 bits per heavy atom. The van der Waals surface area contributed by atoms with E-state index in [1.807, 2.05) is 35.7 Å². The van der Waals surface area contributed by atoms with E-state index in [0.717, 1.165) is 28.4 Å². The monoisotopic (exact) mass is 353 g/mol. The molecule has 0 unspecified atom stereocenters. The molecule has 0 bridgehead atoms. The Bertz CT molecular complexity index is 864. The maximum Gasteiger partial charge on any atom is 0.227 e. The molecule has 3 rings (SSSR count). The van der Waals surface area contributed by atoms with E-state index in [2.05, 4.69) is 41.7 Å². The Balaban J connectivity index is 1.64. The average molecular weight is 353 g/mol. The van der Waals surface area contributed by atoms with Crippen LogP contribution in [-0.4, -0.2) is 15.5 Å². The number of aryl methyl sites for hydroxylation is 1. The molecule has 2 aromatic heterocycles. The maximum atomic E-state index is 12.2. The fraction of sp³-hybridized carbons (Fsp3) is 0.300. The van der Waals surface area contributed by atoms with Crippen molar-refractivity contribution in [3.8, 4) is 11.3 Å². The lowest BCUT2D eigenvalue weighted by Gasteiger charge is -2.05. The van der Waals surface area contributed by atoms with Crippen LogP contribution in [0.5, 0.6) is 0 Å². The van der Waals surface area contributed by atoms with Crippen LogP contribution >= 0.6 is 11.3 Å². The van der Waals surface area contributed by atoms with Crippen molar-refractivity contribution in [2.24, 2.45) is 0 Å². The molecule has 0 saturated heterocycles. The molecule has 5 heteroatoms. The van der Waals surface area contributed by atoms with Crippen LogP contribution in [-0.2, 0) is 24.3 Å². The van der Waals surface area contributed by atoms with Gasteiger partial charge in [0.25, 0.3) is 0 Å². The molecule has 1 aromatic carbocycles. The molecule has 0 spiro atoms. The molecule has 3 aromatic rings. The maximum absolute atomic E-state index is 12.2. The van der Waals surface area contributed by atoms with Gasteiger partial charge in [-0.1, -0.05) is 30.3 Å². The van der Waals surface area contributed by atoms with E-state index in [1.165, 1.54) is 11.4 Å². The molecule has 4 nitrogen and oxygen atoms in total. The van der Waals surface area contributed by atoms with Crippen LogP contribution in [0.4, 0.5) is 0 Å². The van der Waals surface area contributed by atoms with E-state index in [-0.39, 0.29) is 5.91 Å². The summed E-state index contributed by atoms with van der Waals surface area (Å²) in [6.45, 7) is 7.89. The molecule has 25 heavy (non-hydrogen) atoms. The minimum Gasteiger partial charge on any atom is -0.352 e. The first-order valence-electron chi connectivity index (χ1n) is 8.50. The van der Waals surface area contributed by atoms with Gasteiger partial charge in [-0.05, 0) is 32.4 Å². The van der Waals surface area contributed by atoms with Gasteiger partial charge >= 0.3 is 0 Å². The summed E-state index contributed by atoms with van der Waals surface area (Å²) < 4.78 is 2.28. The fourth-order valence-corrected chi connectivity index (χ4v) is 3.85. The first kappa shape index (κ1) is 17.4. The third kappa shape index (κ3) is 3.99. The quantitative estimate of drug-likeness (QED) is 0.725. The number of nitrogens with one attached hydrogen (secondary N) is 1. The first-order valence-corrected chi connectivity index (χ1v) is 9.38. The van der Waals surface area contributed by atoms with Gasteiger partial charge in [0, 0.05) is 35.4 Å². The second-order valence-corrected chi connectivity index (χ2v) is 7.04. The molecule has 0 saturated carbocycles. The van der Waals surface area contributed by atoms with Gasteiger partial charge in [0.05, 0.1) is 12.1 Å². The third-order valence-corrected chi connectivity index (χ3v) is 5.21. The van der Waals surface area contributed by atoms with Gasteiger partial charge in [0.1, 0.15) is 5.01 Å². The fourth-order valence-electron chi connectivity index (χ4n) is 3.06. The standard InChI is InChI=1S/C20H23N3OS/c1-4-23-14(2)10-17(15(23)3)18-13-25-20(22-18)11-19(24)21-12-16-8-6-5-7-9-16/h5-10,13H,4,11-12H2,1-3H3,(H,21,24). The number of thiazole rings is 1. The van der Waals surface area contributed by atoms with Crippen molar-refractivity contribution in [3.63, 3.8) is 0 Å². The molecule has 0 aliphatic carbocycles. The molecule has 130 valence electrons.